The van der Waals surface area contributed by atoms with E-state index in [1.807, 2.05) is 25.1 Å². The van der Waals surface area contributed by atoms with Gasteiger partial charge in [0.15, 0.2) is 5.96 Å². The molecule has 0 spiro atoms. The first-order valence-electron chi connectivity index (χ1n) is 10.1. The molecule has 0 unspecified atom stereocenters. The summed E-state index contributed by atoms with van der Waals surface area (Å²) in [5.41, 5.74) is 1.40. The SMILES string of the molecule is C#Cc1cccc(NC(=O)CN=C(NCC)N2CCN(c3nc(CC)ns3)CC2)c1. The van der Waals surface area contributed by atoms with Crippen LogP contribution < -0.4 is 15.5 Å². The van der Waals surface area contributed by atoms with Gasteiger partial charge in [-0.3, -0.25) is 4.79 Å². The quantitative estimate of drug-likeness (QED) is 0.417. The molecule has 1 aromatic carbocycles. The van der Waals surface area contributed by atoms with Gasteiger partial charge >= 0.3 is 0 Å². The lowest BCUT2D eigenvalue weighted by Gasteiger charge is -2.36. The number of hydrogen-bond acceptors (Lipinski definition) is 6. The summed E-state index contributed by atoms with van der Waals surface area (Å²) in [6, 6.07) is 7.22. The molecule has 1 amide bonds. The third kappa shape index (κ3) is 5.70. The number of nitrogens with one attached hydrogen (secondary N) is 2. The second-order valence-electron chi connectivity index (χ2n) is 6.76. The first-order chi connectivity index (χ1) is 14.6. The smallest absolute Gasteiger partial charge is 0.246 e. The molecule has 0 bridgehead atoms. The number of hydrogen-bond donors (Lipinski definition) is 2. The van der Waals surface area contributed by atoms with Crippen molar-refractivity contribution in [2.75, 3.05) is 49.5 Å². The van der Waals surface area contributed by atoms with Gasteiger partial charge < -0.3 is 20.4 Å². The van der Waals surface area contributed by atoms with Crippen LogP contribution >= 0.6 is 11.5 Å². The van der Waals surface area contributed by atoms with Crippen LogP contribution in [-0.4, -0.2) is 65.4 Å². The fourth-order valence-corrected chi connectivity index (χ4v) is 3.89. The molecule has 9 heteroatoms. The number of guanidine groups is 1. The summed E-state index contributed by atoms with van der Waals surface area (Å²) in [5.74, 6) is 4.02. The topological polar surface area (TPSA) is 85.8 Å². The highest BCUT2D eigenvalue weighted by Crippen LogP contribution is 2.19. The van der Waals surface area contributed by atoms with Crippen LogP contribution in [-0.2, 0) is 11.2 Å². The minimum atomic E-state index is -0.181. The van der Waals surface area contributed by atoms with Crippen molar-refractivity contribution in [3.63, 3.8) is 0 Å². The van der Waals surface area contributed by atoms with E-state index in [0.29, 0.717) is 5.69 Å². The number of carbonyl (C=O) groups is 1. The average Bonchev–Trinajstić information content (AvgIpc) is 3.26. The van der Waals surface area contributed by atoms with Gasteiger partial charge in [0.1, 0.15) is 12.4 Å². The Balaban J connectivity index is 1.56. The number of rotatable bonds is 6. The van der Waals surface area contributed by atoms with Crippen molar-refractivity contribution in [1.29, 1.82) is 0 Å². The fourth-order valence-electron chi connectivity index (χ4n) is 3.09. The van der Waals surface area contributed by atoms with Gasteiger partial charge in [-0.1, -0.05) is 18.9 Å². The number of terminal acetylenes is 1. The van der Waals surface area contributed by atoms with E-state index in [0.717, 1.165) is 61.6 Å². The summed E-state index contributed by atoms with van der Waals surface area (Å²) >= 11 is 1.45. The first-order valence-corrected chi connectivity index (χ1v) is 10.9. The molecule has 8 nitrogen and oxygen atoms in total. The second-order valence-corrected chi connectivity index (χ2v) is 7.49. The Labute approximate surface area is 181 Å². The molecule has 158 valence electrons. The minimum Gasteiger partial charge on any atom is -0.357 e. The zero-order chi connectivity index (χ0) is 21.3. The van der Waals surface area contributed by atoms with Gasteiger partial charge in [-0.2, -0.15) is 4.37 Å². The summed E-state index contributed by atoms with van der Waals surface area (Å²) in [6.07, 6.45) is 6.26. The summed E-state index contributed by atoms with van der Waals surface area (Å²) < 4.78 is 4.37. The number of benzene rings is 1. The second kappa shape index (κ2) is 10.6. The summed E-state index contributed by atoms with van der Waals surface area (Å²) in [4.78, 5) is 25.9. The lowest BCUT2D eigenvalue weighted by atomic mass is 10.2. The summed E-state index contributed by atoms with van der Waals surface area (Å²) in [6.45, 7) is 8.15. The van der Waals surface area contributed by atoms with Crippen LogP contribution in [0.1, 0.15) is 25.2 Å². The van der Waals surface area contributed by atoms with Crippen LogP contribution in [0, 0.1) is 12.3 Å². The average molecular weight is 426 g/mol. The van der Waals surface area contributed by atoms with Crippen molar-refractivity contribution in [3.8, 4) is 12.3 Å². The molecule has 1 saturated heterocycles. The van der Waals surface area contributed by atoms with E-state index in [4.69, 9.17) is 6.42 Å². The van der Waals surface area contributed by atoms with Crippen LogP contribution in [0.15, 0.2) is 29.3 Å². The molecule has 0 atom stereocenters. The number of aliphatic imine (C=N–C) groups is 1. The van der Waals surface area contributed by atoms with Gasteiger partial charge in [0.2, 0.25) is 11.0 Å². The number of amides is 1. The zero-order valence-electron chi connectivity index (χ0n) is 17.4. The first kappa shape index (κ1) is 21.6. The maximum Gasteiger partial charge on any atom is 0.246 e. The Morgan fingerprint density at radius 2 is 2.10 bits per heavy atom. The molecule has 0 aliphatic carbocycles. The van der Waals surface area contributed by atoms with Gasteiger partial charge in [0.05, 0.1) is 0 Å². The van der Waals surface area contributed by atoms with E-state index in [-0.39, 0.29) is 12.5 Å². The monoisotopic (exact) mass is 425 g/mol. The van der Waals surface area contributed by atoms with Crippen LogP contribution in [0.4, 0.5) is 10.8 Å². The van der Waals surface area contributed by atoms with Gasteiger partial charge in [0, 0.05) is 61.9 Å². The summed E-state index contributed by atoms with van der Waals surface area (Å²) in [7, 11) is 0. The van der Waals surface area contributed by atoms with E-state index in [1.165, 1.54) is 11.5 Å². The molecular weight excluding hydrogens is 398 g/mol. The third-order valence-electron chi connectivity index (χ3n) is 4.64. The van der Waals surface area contributed by atoms with Gasteiger partial charge in [0.25, 0.3) is 0 Å². The van der Waals surface area contributed by atoms with Crippen LogP contribution in [0.5, 0.6) is 0 Å². The highest BCUT2D eigenvalue weighted by molar-refractivity contribution is 7.09. The highest BCUT2D eigenvalue weighted by atomic mass is 32.1. The number of carbonyl (C=O) groups excluding carboxylic acids is 1. The Hall–Kier alpha value is -3.12. The number of nitrogens with zero attached hydrogens (tertiary/aromatic N) is 5. The Kier molecular flexibility index (Phi) is 7.63. The highest BCUT2D eigenvalue weighted by Gasteiger charge is 2.22. The molecule has 3 rings (SSSR count). The molecular formula is C21H27N7OS. The Morgan fingerprint density at radius 3 is 2.77 bits per heavy atom. The van der Waals surface area contributed by atoms with E-state index in [9.17, 15) is 4.79 Å². The minimum absolute atomic E-state index is 0.0408. The van der Waals surface area contributed by atoms with Crippen molar-refractivity contribution in [1.82, 2.24) is 19.6 Å². The largest absolute Gasteiger partial charge is 0.357 e. The van der Waals surface area contributed by atoms with E-state index in [1.54, 1.807) is 6.07 Å². The van der Waals surface area contributed by atoms with Crippen LogP contribution in [0.3, 0.4) is 0 Å². The van der Waals surface area contributed by atoms with Crippen LogP contribution in [0.25, 0.3) is 0 Å². The van der Waals surface area contributed by atoms with Crippen molar-refractivity contribution < 1.29 is 4.79 Å². The molecule has 0 saturated carbocycles. The number of aromatic nitrogens is 2. The Bertz CT molecular complexity index is 925. The summed E-state index contributed by atoms with van der Waals surface area (Å²) in [5, 5.41) is 7.10. The van der Waals surface area contributed by atoms with E-state index < -0.39 is 0 Å². The molecule has 1 fully saturated rings. The van der Waals surface area contributed by atoms with E-state index in [2.05, 4.69) is 47.6 Å². The molecule has 2 aromatic rings. The maximum absolute atomic E-state index is 12.3. The van der Waals surface area contributed by atoms with Crippen molar-refractivity contribution >= 4 is 34.2 Å². The van der Waals surface area contributed by atoms with Crippen molar-refractivity contribution in [2.45, 2.75) is 20.3 Å². The molecule has 1 aliphatic heterocycles. The normalized spacial score (nSPS) is 14.4. The van der Waals surface area contributed by atoms with Gasteiger partial charge in [-0.05, 0) is 25.1 Å². The van der Waals surface area contributed by atoms with E-state index >= 15 is 0 Å². The van der Waals surface area contributed by atoms with Crippen molar-refractivity contribution in [3.05, 3.63) is 35.7 Å². The molecule has 1 aromatic heterocycles. The van der Waals surface area contributed by atoms with Gasteiger partial charge in [-0.25, -0.2) is 9.98 Å². The standard InChI is InChI=1S/C21H27N7OS/c1-4-16-8-7-9-17(14-16)24-19(29)15-23-20(22-6-3)27-10-12-28(13-11-27)21-25-18(5-2)26-30-21/h1,7-9,14H,5-6,10-13,15H2,2-3H3,(H,22,23)(H,24,29). The van der Waals surface area contributed by atoms with Gasteiger partial charge in [-0.15, -0.1) is 6.42 Å². The lowest BCUT2D eigenvalue weighted by Crippen LogP contribution is -2.52. The van der Waals surface area contributed by atoms with Crippen molar-refractivity contribution in [2.24, 2.45) is 4.99 Å². The molecule has 30 heavy (non-hydrogen) atoms. The molecule has 1 aliphatic rings. The molecule has 0 radical (unpaired) electrons. The predicted molar refractivity (Wildman–Crippen MR) is 122 cm³/mol. The lowest BCUT2D eigenvalue weighted by molar-refractivity contribution is -0.114. The number of aryl methyl sites for hydroxylation is 1. The number of anilines is 2. The Morgan fingerprint density at radius 1 is 1.30 bits per heavy atom. The number of piperazine rings is 1. The zero-order valence-corrected chi connectivity index (χ0v) is 18.2. The fraction of sp³-hybridized carbons (Fsp3) is 0.429. The van der Waals surface area contributed by atoms with Crippen LogP contribution in [0.2, 0.25) is 0 Å². The maximum atomic E-state index is 12.3. The molecule has 2 heterocycles. The molecule has 2 N–H and O–H groups in total. The third-order valence-corrected chi connectivity index (χ3v) is 5.46. The predicted octanol–water partition coefficient (Wildman–Crippen LogP) is 1.81.